The molecule has 0 unspecified atom stereocenters. The number of ether oxygens (including phenoxy) is 2. The van der Waals surface area contributed by atoms with Crippen LogP contribution in [0.3, 0.4) is 0 Å². The Labute approximate surface area is 113 Å². The number of aromatic nitrogens is 1. The third-order valence-electron chi connectivity index (χ3n) is 2.73. The summed E-state index contributed by atoms with van der Waals surface area (Å²) in [6.07, 6.45) is 0.220. The number of rotatable bonds is 6. The zero-order chi connectivity index (χ0) is 13.7. The Morgan fingerprint density at radius 2 is 2.00 bits per heavy atom. The molecule has 0 atom stereocenters. The van der Waals surface area contributed by atoms with Gasteiger partial charge in [-0.15, -0.1) is 0 Å². The van der Waals surface area contributed by atoms with E-state index in [0.717, 1.165) is 22.3 Å². The van der Waals surface area contributed by atoms with Crippen molar-refractivity contribution in [2.45, 2.75) is 26.5 Å². The van der Waals surface area contributed by atoms with E-state index in [9.17, 15) is 0 Å². The SMILES string of the molecule is CC(C)OCCOc1cc(CN)nc2ccccc12. The molecule has 2 rings (SSSR count). The average molecular weight is 260 g/mol. The van der Waals surface area contributed by atoms with Crippen LogP contribution in [0.4, 0.5) is 0 Å². The molecule has 1 aromatic carbocycles. The number of para-hydroxylation sites is 1. The Morgan fingerprint density at radius 1 is 1.21 bits per heavy atom. The first-order chi connectivity index (χ1) is 9.20. The number of nitrogens with two attached hydrogens (primary N) is 1. The second-order valence-corrected chi connectivity index (χ2v) is 4.60. The molecule has 19 heavy (non-hydrogen) atoms. The lowest BCUT2D eigenvalue weighted by Crippen LogP contribution is -2.12. The molecule has 0 saturated heterocycles. The molecule has 0 fully saturated rings. The van der Waals surface area contributed by atoms with Crippen LogP contribution in [-0.4, -0.2) is 24.3 Å². The van der Waals surface area contributed by atoms with Crippen LogP contribution in [0, 0.1) is 0 Å². The van der Waals surface area contributed by atoms with Crippen molar-refractivity contribution < 1.29 is 9.47 Å². The standard InChI is InChI=1S/C15H20N2O2/c1-11(2)18-7-8-19-15-9-12(10-16)17-14-6-4-3-5-13(14)15/h3-6,9,11H,7-8,10,16H2,1-2H3. The van der Waals surface area contributed by atoms with E-state index in [1.165, 1.54) is 0 Å². The van der Waals surface area contributed by atoms with Crippen LogP contribution >= 0.6 is 0 Å². The second-order valence-electron chi connectivity index (χ2n) is 4.60. The molecule has 4 heteroatoms. The van der Waals surface area contributed by atoms with Crippen LogP contribution in [0.2, 0.25) is 0 Å². The molecule has 1 aromatic heterocycles. The number of pyridine rings is 1. The maximum absolute atomic E-state index is 5.79. The van der Waals surface area contributed by atoms with Gasteiger partial charge in [-0.25, -0.2) is 0 Å². The van der Waals surface area contributed by atoms with Crippen molar-refractivity contribution in [2.75, 3.05) is 13.2 Å². The van der Waals surface area contributed by atoms with Gasteiger partial charge in [-0.1, -0.05) is 12.1 Å². The van der Waals surface area contributed by atoms with Gasteiger partial charge in [0.2, 0.25) is 0 Å². The highest BCUT2D eigenvalue weighted by Gasteiger charge is 2.06. The van der Waals surface area contributed by atoms with Crippen LogP contribution < -0.4 is 10.5 Å². The summed E-state index contributed by atoms with van der Waals surface area (Å²) in [6, 6.07) is 9.80. The van der Waals surface area contributed by atoms with Crippen LogP contribution in [0.5, 0.6) is 5.75 Å². The summed E-state index contributed by atoms with van der Waals surface area (Å²) < 4.78 is 11.3. The van der Waals surface area contributed by atoms with Gasteiger partial charge in [-0.2, -0.15) is 0 Å². The number of fused-ring (bicyclic) bond motifs is 1. The Kier molecular flexibility index (Phi) is 4.71. The molecule has 102 valence electrons. The van der Waals surface area contributed by atoms with Crippen molar-refractivity contribution in [1.29, 1.82) is 0 Å². The highest BCUT2D eigenvalue weighted by atomic mass is 16.5. The monoisotopic (exact) mass is 260 g/mol. The predicted octanol–water partition coefficient (Wildman–Crippen LogP) is 2.50. The summed E-state index contributed by atoms with van der Waals surface area (Å²) in [5, 5.41) is 1.00. The summed E-state index contributed by atoms with van der Waals surface area (Å²) in [7, 11) is 0. The highest BCUT2D eigenvalue weighted by Crippen LogP contribution is 2.25. The fourth-order valence-electron chi connectivity index (χ4n) is 1.85. The Balaban J connectivity index is 2.16. The maximum Gasteiger partial charge on any atom is 0.130 e. The third-order valence-corrected chi connectivity index (χ3v) is 2.73. The lowest BCUT2D eigenvalue weighted by atomic mass is 10.2. The van der Waals surface area contributed by atoms with Crippen molar-refractivity contribution in [3.05, 3.63) is 36.0 Å². The lowest BCUT2D eigenvalue weighted by Gasteiger charge is -2.12. The van der Waals surface area contributed by atoms with Crippen molar-refractivity contribution >= 4 is 10.9 Å². The minimum absolute atomic E-state index is 0.220. The maximum atomic E-state index is 5.79. The Morgan fingerprint density at radius 3 is 2.74 bits per heavy atom. The molecule has 0 aliphatic rings. The van der Waals surface area contributed by atoms with Gasteiger partial charge in [0.15, 0.2) is 0 Å². The topological polar surface area (TPSA) is 57.4 Å². The number of hydrogen-bond donors (Lipinski definition) is 1. The number of hydrogen-bond acceptors (Lipinski definition) is 4. The molecule has 2 N–H and O–H groups in total. The molecule has 2 aromatic rings. The molecule has 4 nitrogen and oxygen atoms in total. The van der Waals surface area contributed by atoms with E-state index in [1.807, 2.05) is 44.2 Å². The molecular formula is C15H20N2O2. The Bertz CT molecular complexity index is 541. The van der Waals surface area contributed by atoms with Crippen LogP contribution in [0.25, 0.3) is 10.9 Å². The van der Waals surface area contributed by atoms with Crippen molar-refractivity contribution in [1.82, 2.24) is 4.98 Å². The molecule has 0 bridgehead atoms. The summed E-state index contributed by atoms with van der Waals surface area (Å²) in [5.41, 5.74) is 7.40. The molecule has 0 spiro atoms. The zero-order valence-corrected chi connectivity index (χ0v) is 11.4. The quantitative estimate of drug-likeness (QED) is 0.811. The molecule has 0 aliphatic heterocycles. The van der Waals surface area contributed by atoms with Crippen LogP contribution in [-0.2, 0) is 11.3 Å². The fourth-order valence-corrected chi connectivity index (χ4v) is 1.85. The molecular weight excluding hydrogens is 240 g/mol. The van der Waals surface area contributed by atoms with Crippen molar-refractivity contribution in [3.8, 4) is 5.75 Å². The Hall–Kier alpha value is -1.65. The van der Waals surface area contributed by atoms with Crippen LogP contribution in [0.15, 0.2) is 30.3 Å². The van der Waals surface area contributed by atoms with Gasteiger partial charge in [0.05, 0.1) is 23.9 Å². The second kappa shape index (κ2) is 6.50. The lowest BCUT2D eigenvalue weighted by molar-refractivity contribution is 0.0556. The summed E-state index contributed by atoms with van der Waals surface area (Å²) >= 11 is 0. The van der Waals surface area contributed by atoms with Gasteiger partial charge in [0.25, 0.3) is 0 Å². The zero-order valence-electron chi connectivity index (χ0n) is 11.4. The van der Waals surface area contributed by atoms with E-state index in [0.29, 0.717) is 19.8 Å². The van der Waals surface area contributed by atoms with Crippen LogP contribution in [0.1, 0.15) is 19.5 Å². The third kappa shape index (κ3) is 3.66. The smallest absolute Gasteiger partial charge is 0.130 e. The first-order valence-electron chi connectivity index (χ1n) is 6.54. The summed E-state index contributed by atoms with van der Waals surface area (Å²) in [4.78, 5) is 4.47. The molecule has 0 aliphatic carbocycles. The van der Waals surface area contributed by atoms with Gasteiger partial charge in [0.1, 0.15) is 12.4 Å². The van der Waals surface area contributed by atoms with E-state index >= 15 is 0 Å². The first kappa shape index (κ1) is 13.8. The molecule has 1 heterocycles. The van der Waals surface area contributed by atoms with E-state index < -0.39 is 0 Å². The fraction of sp³-hybridized carbons (Fsp3) is 0.400. The first-order valence-corrected chi connectivity index (χ1v) is 6.54. The van der Waals surface area contributed by atoms with Gasteiger partial charge >= 0.3 is 0 Å². The molecule has 0 saturated carbocycles. The highest BCUT2D eigenvalue weighted by molar-refractivity contribution is 5.85. The molecule has 0 radical (unpaired) electrons. The van der Waals surface area contributed by atoms with Crippen molar-refractivity contribution in [2.24, 2.45) is 5.73 Å². The van der Waals surface area contributed by atoms with E-state index in [4.69, 9.17) is 15.2 Å². The summed E-state index contributed by atoms with van der Waals surface area (Å²) in [5.74, 6) is 0.818. The van der Waals surface area contributed by atoms with Gasteiger partial charge in [-0.05, 0) is 26.0 Å². The molecule has 0 amide bonds. The number of nitrogens with zero attached hydrogens (tertiary/aromatic N) is 1. The van der Waals surface area contributed by atoms with Crippen molar-refractivity contribution in [3.63, 3.8) is 0 Å². The average Bonchev–Trinajstić information content (AvgIpc) is 2.42. The van der Waals surface area contributed by atoms with Gasteiger partial charge < -0.3 is 15.2 Å². The number of benzene rings is 1. The minimum Gasteiger partial charge on any atom is -0.490 e. The largest absolute Gasteiger partial charge is 0.490 e. The van der Waals surface area contributed by atoms with Gasteiger partial charge in [-0.3, -0.25) is 4.98 Å². The van der Waals surface area contributed by atoms with E-state index in [-0.39, 0.29) is 6.10 Å². The van der Waals surface area contributed by atoms with E-state index in [1.54, 1.807) is 0 Å². The predicted molar refractivity (Wildman–Crippen MR) is 76.2 cm³/mol. The van der Waals surface area contributed by atoms with Gasteiger partial charge in [0, 0.05) is 18.0 Å². The normalized spacial score (nSPS) is 11.2. The minimum atomic E-state index is 0.220. The summed E-state index contributed by atoms with van der Waals surface area (Å²) in [6.45, 7) is 5.52. The van der Waals surface area contributed by atoms with E-state index in [2.05, 4.69) is 4.98 Å².